The van der Waals surface area contributed by atoms with Crippen LogP contribution in [0.5, 0.6) is 5.75 Å². The van der Waals surface area contributed by atoms with Gasteiger partial charge in [-0.05, 0) is 17.7 Å². The van der Waals surface area contributed by atoms with Crippen molar-refractivity contribution in [1.82, 2.24) is 5.32 Å². The van der Waals surface area contributed by atoms with Gasteiger partial charge in [-0.3, -0.25) is 4.79 Å². The topological polar surface area (TPSA) is 58.6 Å². The maximum atomic E-state index is 13.2. The highest BCUT2D eigenvalue weighted by Crippen LogP contribution is 2.17. The number of benzene rings is 1. The number of carboxylic acid groups (broad SMARTS) is 1. The third-order valence-electron chi connectivity index (χ3n) is 1.82. The van der Waals surface area contributed by atoms with Crippen LogP contribution in [-0.2, 0) is 11.3 Å². The highest BCUT2D eigenvalue weighted by atomic mass is 19.1. The molecule has 0 unspecified atom stereocenters. The Bertz CT molecular complexity index is 355. The summed E-state index contributed by atoms with van der Waals surface area (Å²) in [5, 5.41) is 11.0. The standard InChI is InChI=1S/C10H12FNO3/c1-15-9-3-2-7(4-8(9)11)5-12-6-10(13)14/h2-4,12H,5-6H2,1H3,(H,13,14). The predicted molar refractivity (Wildman–Crippen MR) is 52.3 cm³/mol. The van der Waals surface area contributed by atoms with Crippen LogP contribution >= 0.6 is 0 Å². The Kier molecular flexibility index (Phi) is 4.05. The summed E-state index contributed by atoms with van der Waals surface area (Å²) in [6, 6.07) is 4.50. The average molecular weight is 213 g/mol. The Morgan fingerprint density at radius 3 is 2.87 bits per heavy atom. The Hall–Kier alpha value is -1.62. The highest BCUT2D eigenvalue weighted by molar-refractivity contribution is 5.68. The molecule has 0 amide bonds. The van der Waals surface area contributed by atoms with Crippen LogP contribution in [0.15, 0.2) is 18.2 Å². The molecular formula is C10H12FNO3. The molecule has 82 valence electrons. The lowest BCUT2D eigenvalue weighted by atomic mass is 10.2. The van der Waals surface area contributed by atoms with Crippen molar-refractivity contribution in [3.63, 3.8) is 0 Å². The molecule has 1 aromatic rings. The van der Waals surface area contributed by atoms with Gasteiger partial charge in [0.2, 0.25) is 0 Å². The fraction of sp³-hybridized carbons (Fsp3) is 0.300. The fourth-order valence-corrected chi connectivity index (χ4v) is 1.13. The molecule has 0 spiro atoms. The molecular weight excluding hydrogens is 201 g/mol. The van der Waals surface area contributed by atoms with Gasteiger partial charge in [0, 0.05) is 6.54 Å². The third-order valence-corrected chi connectivity index (χ3v) is 1.82. The lowest BCUT2D eigenvalue weighted by Crippen LogP contribution is -2.21. The van der Waals surface area contributed by atoms with Crippen LogP contribution in [0.4, 0.5) is 4.39 Å². The molecule has 15 heavy (non-hydrogen) atoms. The van der Waals surface area contributed by atoms with Crippen LogP contribution in [0.25, 0.3) is 0 Å². The van der Waals surface area contributed by atoms with Gasteiger partial charge in [-0.2, -0.15) is 0 Å². The van der Waals surface area contributed by atoms with Gasteiger partial charge in [-0.1, -0.05) is 6.07 Å². The van der Waals surface area contributed by atoms with Gasteiger partial charge >= 0.3 is 5.97 Å². The van der Waals surface area contributed by atoms with E-state index in [0.717, 1.165) is 0 Å². The summed E-state index contributed by atoms with van der Waals surface area (Å²) >= 11 is 0. The predicted octanol–water partition coefficient (Wildman–Crippen LogP) is 1.01. The molecule has 0 saturated carbocycles. The van der Waals surface area contributed by atoms with E-state index in [1.807, 2.05) is 0 Å². The van der Waals surface area contributed by atoms with Crippen LogP contribution in [0.1, 0.15) is 5.56 Å². The summed E-state index contributed by atoms with van der Waals surface area (Å²) in [7, 11) is 1.39. The summed E-state index contributed by atoms with van der Waals surface area (Å²) in [5.41, 5.74) is 0.676. The fourth-order valence-electron chi connectivity index (χ4n) is 1.13. The Morgan fingerprint density at radius 1 is 1.60 bits per heavy atom. The number of carbonyl (C=O) groups is 1. The number of hydrogen-bond donors (Lipinski definition) is 2. The molecule has 0 bridgehead atoms. The molecule has 2 N–H and O–H groups in total. The summed E-state index contributed by atoms with van der Waals surface area (Å²) in [5.74, 6) is -1.21. The van der Waals surface area contributed by atoms with Gasteiger partial charge in [-0.25, -0.2) is 4.39 Å². The molecule has 5 heteroatoms. The van der Waals surface area contributed by atoms with E-state index in [9.17, 15) is 9.18 Å². The molecule has 0 aromatic heterocycles. The number of rotatable bonds is 5. The zero-order valence-corrected chi connectivity index (χ0v) is 8.29. The number of halogens is 1. The first-order chi connectivity index (χ1) is 7.13. The van der Waals surface area contributed by atoms with E-state index in [0.29, 0.717) is 12.1 Å². The third kappa shape index (κ3) is 3.55. The highest BCUT2D eigenvalue weighted by Gasteiger charge is 2.03. The number of nitrogens with one attached hydrogen (secondary N) is 1. The Morgan fingerprint density at radius 2 is 2.33 bits per heavy atom. The second kappa shape index (κ2) is 5.31. The van der Waals surface area contributed by atoms with Gasteiger partial charge < -0.3 is 15.2 Å². The number of aliphatic carboxylic acids is 1. The Balaban J connectivity index is 2.55. The molecule has 0 saturated heterocycles. The SMILES string of the molecule is COc1ccc(CNCC(=O)O)cc1F. The van der Waals surface area contributed by atoms with Gasteiger partial charge in [-0.15, -0.1) is 0 Å². The van der Waals surface area contributed by atoms with Crippen molar-refractivity contribution in [3.05, 3.63) is 29.6 Å². The zero-order valence-electron chi connectivity index (χ0n) is 8.29. The average Bonchev–Trinajstić information content (AvgIpc) is 2.17. The van der Waals surface area contributed by atoms with E-state index in [1.54, 1.807) is 6.07 Å². The van der Waals surface area contributed by atoms with Crippen LogP contribution in [-0.4, -0.2) is 24.7 Å². The van der Waals surface area contributed by atoms with E-state index < -0.39 is 11.8 Å². The molecule has 0 aliphatic rings. The minimum Gasteiger partial charge on any atom is -0.494 e. The zero-order chi connectivity index (χ0) is 11.3. The first-order valence-corrected chi connectivity index (χ1v) is 4.38. The lowest BCUT2D eigenvalue weighted by molar-refractivity contribution is -0.135. The largest absolute Gasteiger partial charge is 0.494 e. The quantitative estimate of drug-likeness (QED) is 0.766. The first kappa shape index (κ1) is 11.5. The summed E-state index contributed by atoms with van der Waals surface area (Å²) in [6.07, 6.45) is 0. The van der Waals surface area contributed by atoms with E-state index in [4.69, 9.17) is 9.84 Å². The Labute approximate surface area is 86.7 Å². The van der Waals surface area contributed by atoms with E-state index in [-0.39, 0.29) is 12.3 Å². The van der Waals surface area contributed by atoms with Gasteiger partial charge in [0.25, 0.3) is 0 Å². The summed E-state index contributed by atoms with van der Waals surface area (Å²) in [4.78, 5) is 10.2. The van der Waals surface area contributed by atoms with Crippen LogP contribution in [0.3, 0.4) is 0 Å². The molecule has 0 radical (unpaired) electrons. The van der Waals surface area contributed by atoms with E-state index >= 15 is 0 Å². The first-order valence-electron chi connectivity index (χ1n) is 4.38. The maximum Gasteiger partial charge on any atom is 0.317 e. The number of carboxylic acids is 1. The molecule has 0 atom stereocenters. The second-order valence-electron chi connectivity index (χ2n) is 2.97. The summed E-state index contributed by atoms with van der Waals surface area (Å²) < 4.78 is 17.9. The number of methoxy groups -OCH3 is 1. The normalized spacial score (nSPS) is 10.0. The van der Waals surface area contributed by atoms with Crippen molar-refractivity contribution in [1.29, 1.82) is 0 Å². The van der Waals surface area contributed by atoms with Crippen molar-refractivity contribution in [2.45, 2.75) is 6.54 Å². The molecule has 4 nitrogen and oxygen atoms in total. The van der Waals surface area contributed by atoms with Crippen molar-refractivity contribution in [2.75, 3.05) is 13.7 Å². The van der Waals surface area contributed by atoms with E-state index in [2.05, 4.69) is 5.32 Å². The molecule has 0 heterocycles. The maximum absolute atomic E-state index is 13.2. The van der Waals surface area contributed by atoms with Crippen LogP contribution < -0.4 is 10.1 Å². The van der Waals surface area contributed by atoms with Crippen molar-refractivity contribution < 1.29 is 19.0 Å². The minimum absolute atomic E-state index is 0.145. The molecule has 0 aliphatic heterocycles. The van der Waals surface area contributed by atoms with Crippen molar-refractivity contribution >= 4 is 5.97 Å². The molecule has 1 rings (SSSR count). The lowest BCUT2D eigenvalue weighted by Gasteiger charge is -2.05. The van der Waals surface area contributed by atoms with Gasteiger partial charge in [0.05, 0.1) is 13.7 Å². The molecule has 0 aliphatic carbocycles. The van der Waals surface area contributed by atoms with Crippen LogP contribution in [0.2, 0.25) is 0 Å². The van der Waals surface area contributed by atoms with Gasteiger partial charge in [0.15, 0.2) is 11.6 Å². The monoisotopic (exact) mass is 213 g/mol. The molecule has 1 aromatic carbocycles. The van der Waals surface area contributed by atoms with Gasteiger partial charge in [0.1, 0.15) is 0 Å². The molecule has 0 fully saturated rings. The van der Waals surface area contributed by atoms with E-state index in [1.165, 1.54) is 19.2 Å². The summed E-state index contributed by atoms with van der Waals surface area (Å²) in [6.45, 7) is 0.168. The van der Waals surface area contributed by atoms with Crippen molar-refractivity contribution in [3.8, 4) is 5.75 Å². The minimum atomic E-state index is -0.941. The second-order valence-corrected chi connectivity index (χ2v) is 2.97. The number of hydrogen-bond acceptors (Lipinski definition) is 3. The van der Waals surface area contributed by atoms with Crippen LogP contribution in [0, 0.1) is 5.82 Å². The number of ether oxygens (including phenoxy) is 1. The van der Waals surface area contributed by atoms with Crippen molar-refractivity contribution in [2.24, 2.45) is 0 Å². The smallest absolute Gasteiger partial charge is 0.317 e.